The minimum atomic E-state index is -3.44. The summed E-state index contributed by atoms with van der Waals surface area (Å²) in [6, 6.07) is 9.92. The number of hydrogen-bond acceptors (Lipinski definition) is 3. The number of hydrogen-bond donors (Lipinski definition) is 1. The van der Waals surface area contributed by atoms with Crippen molar-refractivity contribution in [3.8, 4) is 11.1 Å². The van der Waals surface area contributed by atoms with Crippen LogP contribution in [0.5, 0.6) is 0 Å². The first kappa shape index (κ1) is 17.6. The van der Waals surface area contributed by atoms with Gasteiger partial charge in [-0.05, 0) is 54.6 Å². The maximum atomic E-state index is 13.4. The molecule has 0 radical (unpaired) electrons. The quantitative estimate of drug-likeness (QED) is 0.718. The van der Waals surface area contributed by atoms with Crippen molar-refractivity contribution >= 4 is 32.7 Å². The van der Waals surface area contributed by atoms with Crippen LogP contribution in [0.15, 0.2) is 47.5 Å². The van der Waals surface area contributed by atoms with Gasteiger partial charge in [0.05, 0.1) is 4.90 Å². The van der Waals surface area contributed by atoms with Crippen molar-refractivity contribution in [3.63, 3.8) is 0 Å². The van der Waals surface area contributed by atoms with Gasteiger partial charge in [0.15, 0.2) is 0 Å². The van der Waals surface area contributed by atoms with Crippen molar-refractivity contribution in [2.45, 2.75) is 17.9 Å². The Morgan fingerprint density at radius 3 is 2.81 bits per heavy atom. The van der Waals surface area contributed by atoms with Crippen LogP contribution in [-0.4, -0.2) is 36.3 Å². The first-order valence-corrected chi connectivity index (χ1v) is 11.2. The fourth-order valence-electron chi connectivity index (χ4n) is 3.60. The molecule has 26 heavy (non-hydrogen) atoms. The molecule has 7 heteroatoms. The number of rotatable bonds is 4. The van der Waals surface area contributed by atoms with E-state index in [1.807, 2.05) is 31.5 Å². The third-order valence-corrected chi connectivity index (χ3v) is 7.58. The smallest absolute Gasteiger partial charge is 0.243 e. The van der Waals surface area contributed by atoms with Crippen LogP contribution in [0.4, 0.5) is 4.39 Å². The van der Waals surface area contributed by atoms with Crippen LogP contribution < -0.4 is 0 Å². The van der Waals surface area contributed by atoms with Crippen molar-refractivity contribution in [2.24, 2.45) is 0 Å². The summed E-state index contributed by atoms with van der Waals surface area (Å²) in [5, 5.41) is 0.916. The Kier molecular flexibility index (Phi) is 4.33. The summed E-state index contributed by atoms with van der Waals surface area (Å²) in [5.74, 6) is 0.474. The van der Waals surface area contributed by atoms with Gasteiger partial charge in [-0.15, -0.1) is 0 Å². The number of nitrogens with one attached hydrogen (secondary N) is 1. The summed E-state index contributed by atoms with van der Waals surface area (Å²) in [6.07, 6.45) is 3.81. The maximum Gasteiger partial charge on any atom is 0.243 e. The predicted molar refractivity (Wildman–Crippen MR) is 104 cm³/mol. The Bertz CT molecular complexity index is 1090. The second-order valence-electron chi connectivity index (χ2n) is 6.43. The van der Waals surface area contributed by atoms with E-state index < -0.39 is 10.0 Å². The molecule has 4 nitrogen and oxygen atoms in total. The molecule has 1 atom stereocenters. The molecule has 2 heterocycles. The van der Waals surface area contributed by atoms with Gasteiger partial charge in [-0.1, -0.05) is 6.07 Å². The van der Waals surface area contributed by atoms with Crippen LogP contribution in [0.25, 0.3) is 22.0 Å². The molecule has 0 bridgehead atoms. The summed E-state index contributed by atoms with van der Waals surface area (Å²) in [7, 11) is -3.44. The Morgan fingerprint density at radius 2 is 2.04 bits per heavy atom. The zero-order valence-corrected chi connectivity index (χ0v) is 16.1. The van der Waals surface area contributed by atoms with E-state index in [1.54, 1.807) is 28.2 Å². The summed E-state index contributed by atoms with van der Waals surface area (Å²) < 4.78 is 40.6. The Labute approximate surface area is 156 Å². The molecule has 4 rings (SSSR count). The lowest BCUT2D eigenvalue weighted by atomic mass is 9.99. The van der Waals surface area contributed by atoms with Crippen LogP contribution in [-0.2, 0) is 10.0 Å². The highest BCUT2D eigenvalue weighted by Gasteiger charge is 2.39. The van der Waals surface area contributed by atoms with E-state index >= 15 is 0 Å². The molecule has 0 saturated heterocycles. The number of sulfonamides is 1. The lowest BCUT2D eigenvalue weighted by molar-refractivity contribution is 0.378. The number of aromatic nitrogens is 1. The summed E-state index contributed by atoms with van der Waals surface area (Å²) in [6.45, 7) is 2.43. The van der Waals surface area contributed by atoms with E-state index in [2.05, 4.69) is 4.98 Å². The lowest BCUT2D eigenvalue weighted by Gasteiger charge is -2.19. The maximum absolute atomic E-state index is 13.4. The van der Waals surface area contributed by atoms with Crippen molar-refractivity contribution in [2.75, 3.05) is 18.6 Å². The Balaban J connectivity index is 1.80. The van der Waals surface area contributed by atoms with E-state index in [4.69, 9.17) is 0 Å². The molecule has 0 amide bonds. The van der Waals surface area contributed by atoms with Crippen molar-refractivity contribution in [1.29, 1.82) is 0 Å². The highest BCUT2D eigenvalue weighted by molar-refractivity contribution is 7.98. The highest BCUT2D eigenvalue weighted by Crippen LogP contribution is 2.41. The minimum Gasteiger partial charge on any atom is -0.360 e. The van der Waals surface area contributed by atoms with Crippen molar-refractivity contribution < 1.29 is 12.8 Å². The van der Waals surface area contributed by atoms with Crippen LogP contribution in [0, 0.1) is 5.82 Å². The highest BCUT2D eigenvalue weighted by atomic mass is 32.2. The molecule has 1 N–H and O–H groups in total. The molecule has 0 fully saturated rings. The van der Waals surface area contributed by atoms with Gasteiger partial charge in [0.2, 0.25) is 10.0 Å². The molecule has 1 aliphatic rings. The first-order valence-electron chi connectivity index (χ1n) is 8.35. The average molecular weight is 391 g/mol. The predicted octanol–water partition coefficient (Wildman–Crippen LogP) is 4.40. The van der Waals surface area contributed by atoms with E-state index in [1.165, 1.54) is 12.1 Å². The fourth-order valence-corrected chi connectivity index (χ4v) is 5.98. The number of thioether (sulfide) groups is 1. The standard InChI is InChI=1S/C19H19FN2O2S2/c1-12-16-9-13(17-11-21-18-10-14(20)4-5-15(17)18)3-6-19(16)26(23,24)22(12)7-8-25-2/h3-6,9-12,21H,7-8H2,1-2H3. The second kappa shape index (κ2) is 6.40. The molecular formula is C19H19FN2O2S2. The molecule has 1 aromatic heterocycles. The average Bonchev–Trinajstić information content (AvgIpc) is 3.11. The number of benzene rings is 2. The zero-order chi connectivity index (χ0) is 18.5. The second-order valence-corrected chi connectivity index (χ2v) is 9.27. The summed E-state index contributed by atoms with van der Waals surface area (Å²) >= 11 is 1.63. The molecule has 0 saturated carbocycles. The van der Waals surface area contributed by atoms with E-state index in [0.717, 1.165) is 33.3 Å². The largest absolute Gasteiger partial charge is 0.360 e. The van der Waals surface area contributed by atoms with Gasteiger partial charge in [0.1, 0.15) is 5.82 Å². The number of halogens is 1. The summed E-state index contributed by atoms with van der Waals surface area (Å²) in [5.41, 5.74) is 3.41. The lowest BCUT2D eigenvalue weighted by Crippen LogP contribution is -2.29. The molecular weight excluding hydrogens is 371 g/mol. The molecule has 2 aromatic carbocycles. The van der Waals surface area contributed by atoms with Crippen molar-refractivity contribution in [3.05, 3.63) is 54.0 Å². The number of aromatic amines is 1. The molecule has 3 aromatic rings. The molecule has 1 aliphatic heterocycles. The molecule has 0 aliphatic carbocycles. The SMILES string of the molecule is CSCCN1C(C)c2cc(-c3c[nH]c4cc(F)ccc34)ccc2S1(=O)=O. The number of H-pyrrole nitrogens is 1. The monoisotopic (exact) mass is 390 g/mol. The topological polar surface area (TPSA) is 53.2 Å². The summed E-state index contributed by atoms with van der Waals surface area (Å²) in [4.78, 5) is 3.48. The fraction of sp³-hybridized carbons (Fsp3) is 0.263. The van der Waals surface area contributed by atoms with Gasteiger partial charge in [-0.2, -0.15) is 16.1 Å². The van der Waals surface area contributed by atoms with E-state index in [9.17, 15) is 12.8 Å². The van der Waals surface area contributed by atoms with Gasteiger partial charge >= 0.3 is 0 Å². The molecule has 1 unspecified atom stereocenters. The van der Waals surface area contributed by atoms with Crippen LogP contribution in [0.3, 0.4) is 0 Å². The Morgan fingerprint density at radius 1 is 1.23 bits per heavy atom. The number of fused-ring (bicyclic) bond motifs is 2. The normalized spacial score (nSPS) is 19.1. The van der Waals surface area contributed by atoms with Crippen LogP contribution >= 0.6 is 11.8 Å². The molecule has 0 spiro atoms. The minimum absolute atomic E-state index is 0.190. The van der Waals surface area contributed by atoms with Gasteiger partial charge in [-0.3, -0.25) is 0 Å². The van der Waals surface area contributed by atoms with Gasteiger partial charge in [0.25, 0.3) is 0 Å². The van der Waals surface area contributed by atoms with Gasteiger partial charge < -0.3 is 4.98 Å². The Hall–Kier alpha value is -1.83. The molecule has 136 valence electrons. The first-order chi connectivity index (χ1) is 12.4. The number of nitrogens with zero attached hydrogens (tertiary/aromatic N) is 1. The zero-order valence-electron chi connectivity index (χ0n) is 14.5. The van der Waals surface area contributed by atoms with Crippen LogP contribution in [0.2, 0.25) is 0 Å². The third-order valence-electron chi connectivity index (χ3n) is 4.95. The van der Waals surface area contributed by atoms with Crippen LogP contribution in [0.1, 0.15) is 18.5 Å². The van der Waals surface area contributed by atoms with Gasteiger partial charge in [-0.25, -0.2) is 12.8 Å². The van der Waals surface area contributed by atoms with Gasteiger partial charge in [0, 0.05) is 41.0 Å². The van der Waals surface area contributed by atoms with Crippen molar-refractivity contribution in [1.82, 2.24) is 9.29 Å². The van der Waals surface area contributed by atoms with E-state index in [-0.39, 0.29) is 11.9 Å². The third kappa shape index (κ3) is 2.66. The van der Waals surface area contributed by atoms with E-state index in [0.29, 0.717) is 11.4 Å².